The van der Waals surface area contributed by atoms with E-state index < -0.39 is 67.4 Å². The Morgan fingerprint density at radius 2 is 0.935 bits per heavy atom. The number of allylic oxidation sites excluding steroid dienone is 17. The summed E-state index contributed by atoms with van der Waals surface area (Å²) in [7, 11) is 0. The number of hydrogen-bond donors (Lipinski definition) is 6. The second-order valence-corrected chi connectivity index (χ2v) is 20.7. The minimum Gasteiger partial charge on any atom is -0.454 e. The van der Waals surface area contributed by atoms with Crippen LogP contribution in [0.4, 0.5) is 0 Å². The molecule has 1 rings (SSSR count). The Kier molecular flexibility index (Phi) is 49.1. The van der Waals surface area contributed by atoms with Crippen LogP contribution in [0.3, 0.4) is 0 Å². The van der Waals surface area contributed by atoms with Crippen LogP contribution in [0, 0.1) is 0 Å². The second-order valence-electron chi connectivity index (χ2n) is 20.7. The molecule has 1 fully saturated rings. The Morgan fingerprint density at radius 3 is 1.43 bits per heavy atom. The van der Waals surface area contributed by atoms with E-state index in [0.717, 1.165) is 128 Å². The highest BCUT2D eigenvalue weighted by Gasteiger charge is 2.47. The number of ether oxygens (including phenoxy) is 3. The second kappa shape index (κ2) is 53.0. The third-order valence-corrected chi connectivity index (χ3v) is 13.7. The van der Waals surface area contributed by atoms with E-state index in [9.17, 15) is 35.1 Å². The Hall–Kier alpha value is -3.68. The lowest BCUT2D eigenvalue weighted by atomic mass is 9.99. The number of rotatable bonds is 50. The van der Waals surface area contributed by atoms with Gasteiger partial charge in [-0.25, -0.2) is 0 Å². The average Bonchev–Trinajstić information content (AvgIpc) is 3.43. The first-order valence-electron chi connectivity index (χ1n) is 30.7. The van der Waals surface area contributed by atoms with Crippen molar-refractivity contribution < 1.29 is 49.3 Å². The molecule has 0 aromatic carbocycles. The van der Waals surface area contributed by atoms with Crippen LogP contribution in [-0.4, -0.2) is 99.6 Å². The molecule has 0 aromatic rings. The zero-order valence-corrected chi connectivity index (χ0v) is 48.5. The van der Waals surface area contributed by atoms with Gasteiger partial charge in [-0.15, -0.1) is 0 Å². The minimum atomic E-state index is -1.64. The van der Waals surface area contributed by atoms with Gasteiger partial charge in [-0.3, -0.25) is 9.59 Å². The van der Waals surface area contributed by atoms with Gasteiger partial charge in [0, 0.05) is 6.42 Å². The van der Waals surface area contributed by atoms with Gasteiger partial charge in [-0.05, 0) is 109 Å². The highest BCUT2D eigenvalue weighted by molar-refractivity contribution is 5.80. The Labute approximate surface area is 468 Å². The molecule has 8 atom stereocenters. The SMILES string of the molecule is CC/C=C\C/C=C\C/C=C\C/C=C\C/C=C\C/C=C\CCCCC(=O)OC1C(OCC(NC(=O)C(O)CCCCCCCC/C=C\C/C=C\CCCCC)C(O)/C=C/CCCCCCCCCCC)OC(CO)C(O)C1O. The van der Waals surface area contributed by atoms with Crippen LogP contribution in [0.5, 0.6) is 0 Å². The smallest absolute Gasteiger partial charge is 0.306 e. The molecule has 0 spiro atoms. The van der Waals surface area contributed by atoms with Crippen molar-refractivity contribution in [1.29, 1.82) is 0 Å². The summed E-state index contributed by atoms with van der Waals surface area (Å²) in [5.41, 5.74) is 0. The van der Waals surface area contributed by atoms with Crippen LogP contribution in [0.25, 0.3) is 0 Å². The Bertz CT molecular complexity index is 1660. The fourth-order valence-electron chi connectivity index (χ4n) is 8.80. The fraction of sp³-hybridized carbons (Fsp3) is 0.697. The van der Waals surface area contributed by atoms with E-state index in [-0.39, 0.29) is 19.4 Å². The maximum atomic E-state index is 13.4. The van der Waals surface area contributed by atoms with Gasteiger partial charge in [0.25, 0.3) is 0 Å². The van der Waals surface area contributed by atoms with E-state index in [4.69, 9.17) is 14.2 Å². The van der Waals surface area contributed by atoms with Crippen molar-refractivity contribution in [2.24, 2.45) is 0 Å². The molecule has 11 heteroatoms. The number of unbranched alkanes of at least 4 members (excludes halogenated alkanes) is 20. The largest absolute Gasteiger partial charge is 0.454 e. The van der Waals surface area contributed by atoms with Gasteiger partial charge in [0.15, 0.2) is 12.4 Å². The van der Waals surface area contributed by atoms with Gasteiger partial charge >= 0.3 is 5.97 Å². The normalized spacial score (nSPS) is 19.8. The average molecular weight is 1080 g/mol. The van der Waals surface area contributed by atoms with Crippen LogP contribution in [0.2, 0.25) is 0 Å². The molecule has 6 N–H and O–H groups in total. The van der Waals surface area contributed by atoms with Gasteiger partial charge in [-0.2, -0.15) is 0 Å². The van der Waals surface area contributed by atoms with Crippen LogP contribution in [0.15, 0.2) is 109 Å². The van der Waals surface area contributed by atoms with Crippen molar-refractivity contribution in [3.63, 3.8) is 0 Å². The maximum absolute atomic E-state index is 13.4. The predicted molar refractivity (Wildman–Crippen MR) is 319 cm³/mol. The monoisotopic (exact) mass is 1080 g/mol. The molecule has 77 heavy (non-hydrogen) atoms. The fourth-order valence-corrected chi connectivity index (χ4v) is 8.80. The van der Waals surface area contributed by atoms with Crippen molar-refractivity contribution in [3.05, 3.63) is 109 Å². The molecule has 11 nitrogen and oxygen atoms in total. The maximum Gasteiger partial charge on any atom is 0.306 e. The summed E-state index contributed by atoms with van der Waals surface area (Å²) in [5, 5.41) is 56.9. The van der Waals surface area contributed by atoms with Crippen LogP contribution >= 0.6 is 0 Å². The number of aliphatic hydroxyl groups excluding tert-OH is 5. The molecule has 1 aliphatic rings. The molecular formula is C66H111NO10. The lowest BCUT2D eigenvalue weighted by Crippen LogP contribution is -2.61. The van der Waals surface area contributed by atoms with E-state index in [0.29, 0.717) is 12.8 Å². The van der Waals surface area contributed by atoms with Gasteiger partial charge in [0.2, 0.25) is 5.91 Å². The molecule has 0 aliphatic carbocycles. The highest BCUT2D eigenvalue weighted by Crippen LogP contribution is 2.26. The summed E-state index contributed by atoms with van der Waals surface area (Å²) < 4.78 is 17.6. The number of hydrogen-bond acceptors (Lipinski definition) is 10. The van der Waals surface area contributed by atoms with Crippen LogP contribution in [0.1, 0.15) is 233 Å². The topological polar surface area (TPSA) is 175 Å². The first kappa shape index (κ1) is 71.3. The first-order chi connectivity index (χ1) is 37.7. The molecule has 0 bridgehead atoms. The Balaban J connectivity index is 2.71. The lowest BCUT2D eigenvalue weighted by molar-refractivity contribution is -0.305. The summed E-state index contributed by atoms with van der Waals surface area (Å²) in [6.45, 7) is 5.60. The highest BCUT2D eigenvalue weighted by atomic mass is 16.7. The van der Waals surface area contributed by atoms with Gasteiger partial charge in [0.05, 0.1) is 25.4 Å². The molecule has 1 heterocycles. The van der Waals surface area contributed by atoms with Gasteiger partial charge in [0.1, 0.15) is 24.4 Å². The standard InChI is InChI=1S/C66H111NO10/c1-4-7-10-13-16-19-22-24-26-28-29-30-31-32-34-36-39-42-45-48-51-54-61(71)77-64-63(73)62(72)60(55-68)76-66(64)75-56-57(58(69)52-49-46-43-40-37-21-18-15-12-9-6-3)67-65(74)59(70)53-50-47-44-41-38-35-33-27-25-23-20-17-14-11-8-5-2/h7,10,16-17,19-20,24-27,29-30,32,34,39,42,49,52,57-60,62-64,66,68-70,72-73H,4-6,8-9,11-15,18,21-23,28,31,33,35-38,40-41,43-48,50-51,53-56H2,1-3H3,(H,67,74)/b10-7-,19-16-,20-17-,26-24-,27-25-,30-29-,34-32-,42-39-,52-49+. The third-order valence-electron chi connectivity index (χ3n) is 13.7. The summed E-state index contributed by atoms with van der Waals surface area (Å²) in [6, 6.07) is -1.04. The minimum absolute atomic E-state index is 0.0618. The molecule has 1 aliphatic heterocycles. The van der Waals surface area contributed by atoms with E-state index in [1.807, 2.05) is 6.08 Å². The number of carbonyl (C=O) groups excluding carboxylic acids is 2. The molecule has 8 unspecified atom stereocenters. The summed E-state index contributed by atoms with van der Waals surface area (Å²) in [6.07, 6.45) is 61.2. The van der Waals surface area contributed by atoms with Crippen LogP contribution in [-0.2, 0) is 23.8 Å². The third kappa shape index (κ3) is 41.1. The van der Waals surface area contributed by atoms with E-state index in [1.54, 1.807) is 6.08 Å². The van der Waals surface area contributed by atoms with Crippen molar-refractivity contribution in [2.75, 3.05) is 13.2 Å². The lowest BCUT2D eigenvalue weighted by Gasteiger charge is -2.41. The quantitative estimate of drug-likeness (QED) is 0.0195. The van der Waals surface area contributed by atoms with E-state index >= 15 is 0 Å². The summed E-state index contributed by atoms with van der Waals surface area (Å²) in [4.78, 5) is 26.5. The molecule has 440 valence electrons. The zero-order chi connectivity index (χ0) is 56.1. The zero-order valence-electron chi connectivity index (χ0n) is 48.5. The number of nitrogens with one attached hydrogen (secondary N) is 1. The molecule has 1 amide bonds. The van der Waals surface area contributed by atoms with Crippen molar-refractivity contribution in [3.8, 4) is 0 Å². The van der Waals surface area contributed by atoms with Gasteiger partial charge < -0.3 is 45.1 Å². The van der Waals surface area contributed by atoms with Gasteiger partial charge in [-0.1, -0.05) is 226 Å². The number of carbonyl (C=O) groups is 2. The number of amides is 1. The molecule has 1 saturated heterocycles. The van der Waals surface area contributed by atoms with Crippen molar-refractivity contribution in [2.45, 2.75) is 282 Å². The Morgan fingerprint density at radius 1 is 0.519 bits per heavy atom. The first-order valence-corrected chi connectivity index (χ1v) is 30.7. The summed E-state index contributed by atoms with van der Waals surface area (Å²) >= 11 is 0. The van der Waals surface area contributed by atoms with E-state index in [1.165, 1.54) is 57.8 Å². The number of esters is 1. The van der Waals surface area contributed by atoms with E-state index in [2.05, 4.69) is 123 Å². The summed E-state index contributed by atoms with van der Waals surface area (Å²) in [5.74, 6) is -1.26. The van der Waals surface area contributed by atoms with Crippen molar-refractivity contribution >= 4 is 11.9 Å². The molecule has 0 radical (unpaired) electrons. The molecular weight excluding hydrogens is 967 g/mol. The predicted octanol–water partition coefficient (Wildman–Crippen LogP) is 14.5. The van der Waals surface area contributed by atoms with Crippen molar-refractivity contribution in [1.82, 2.24) is 5.32 Å². The molecule has 0 aromatic heterocycles. The van der Waals surface area contributed by atoms with Crippen LogP contribution < -0.4 is 5.32 Å². The number of aliphatic hydroxyl groups is 5. The molecule has 0 saturated carbocycles.